The molecule has 396 valence electrons. The minimum Gasteiger partial charge on any atom is -0.480 e. The predicted molar refractivity (Wildman–Crippen MR) is 261 cm³/mol. The lowest BCUT2D eigenvalue weighted by molar-refractivity contribution is -0.170. The molecule has 3 aliphatic rings. The minimum atomic E-state index is -2.06. The number of carboxylic acids is 1. The number of carbonyl (C=O) groups is 9. The molecule has 1 unspecified atom stereocenters. The van der Waals surface area contributed by atoms with E-state index in [0.29, 0.717) is 25.8 Å². The largest absolute Gasteiger partial charge is 0.480 e. The Morgan fingerprint density at radius 3 is 1.94 bits per heavy atom. The van der Waals surface area contributed by atoms with Crippen LogP contribution in [0.5, 0.6) is 0 Å². The highest BCUT2D eigenvalue weighted by molar-refractivity contribution is 6.05. The van der Waals surface area contributed by atoms with E-state index in [9.17, 15) is 58.5 Å². The molecule has 20 heteroatoms. The van der Waals surface area contributed by atoms with E-state index in [1.807, 2.05) is 52.0 Å². The second-order valence-corrected chi connectivity index (χ2v) is 20.8. The van der Waals surface area contributed by atoms with Crippen LogP contribution in [0.25, 0.3) is 0 Å². The van der Waals surface area contributed by atoms with Crippen LogP contribution in [0.1, 0.15) is 125 Å². The van der Waals surface area contributed by atoms with Gasteiger partial charge in [-0.3, -0.25) is 33.6 Å². The number of nitrogens with zero attached hydrogens (tertiary/aromatic N) is 2. The van der Waals surface area contributed by atoms with Gasteiger partial charge in [0.25, 0.3) is 0 Å². The Labute approximate surface area is 417 Å². The Hall–Kier alpha value is -5.47. The zero-order chi connectivity index (χ0) is 53.0. The molecule has 1 aromatic carbocycles. The van der Waals surface area contributed by atoms with Crippen molar-refractivity contribution in [2.24, 2.45) is 29.6 Å². The van der Waals surface area contributed by atoms with E-state index in [4.69, 9.17) is 4.74 Å². The van der Waals surface area contributed by atoms with Gasteiger partial charge in [0.2, 0.25) is 35.4 Å². The molecule has 0 spiro atoms. The fourth-order valence-electron chi connectivity index (χ4n) is 9.47. The van der Waals surface area contributed by atoms with Gasteiger partial charge in [0.05, 0.1) is 24.1 Å². The molecule has 3 aliphatic heterocycles. The number of amides is 6. The van der Waals surface area contributed by atoms with Gasteiger partial charge in [-0.2, -0.15) is 0 Å². The molecule has 6 amide bonds. The van der Waals surface area contributed by atoms with E-state index >= 15 is 0 Å². The molecule has 0 saturated carbocycles. The van der Waals surface area contributed by atoms with Crippen LogP contribution in [-0.2, 0) is 60.9 Å². The first kappa shape index (κ1) is 58.1. The number of nitrogens with one attached hydrogen (secondary N) is 5. The molecule has 0 aliphatic carbocycles. The van der Waals surface area contributed by atoms with E-state index in [0.717, 1.165) is 17.5 Å². The Balaban J connectivity index is 1.45. The molecule has 1 aromatic rings. The average molecular weight is 998 g/mol. The summed E-state index contributed by atoms with van der Waals surface area (Å²) in [7, 11) is 0. The number of rotatable bonds is 24. The molecular formula is C51H79N7O13. The molecule has 20 nitrogen and oxygen atoms in total. The molecule has 2 saturated heterocycles. The van der Waals surface area contributed by atoms with Crippen LogP contribution in [0.15, 0.2) is 24.3 Å². The van der Waals surface area contributed by atoms with Crippen molar-refractivity contribution >= 4 is 53.2 Å². The smallest absolute Gasteiger partial charge is 0.337 e. The van der Waals surface area contributed by atoms with Crippen LogP contribution in [0.2, 0.25) is 0 Å². The number of aliphatic hydroxyl groups is 2. The SMILES string of the molecule is CCC(C)[C@H](NC(=O)[C@@H](NC(=O)[C@H](CC(C)C)NC(=O)[C@@H]1CCCN1)[C@@H](C)O)[C@@H](O)C(=O)O[C@H](C(=O)[C@H](C)C(=O)N[C@@H](CC(C)C)C(=O)N1CCC[C@H]1C(=O)N1Cc2ccccc2C[C@H]1C(=O)O)C(C)C. The number of ketones is 1. The third-order valence-electron chi connectivity index (χ3n) is 13.8. The highest BCUT2D eigenvalue weighted by Crippen LogP contribution is 2.29. The van der Waals surface area contributed by atoms with E-state index in [1.165, 1.54) is 23.6 Å². The number of Topliss-reactive ketones (excluding diaryl/α,β-unsaturated/α-hetero) is 1. The van der Waals surface area contributed by atoms with E-state index in [-0.39, 0.29) is 56.5 Å². The molecule has 0 bridgehead atoms. The van der Waals surface area contributed by atoms with E-state index in [1.54, 1.807) is 27.7 Å². The predicted octanol–water partition coefficient (Wildman–Crippen LogP) is 1.36. The maximum absolute atomic E-state index is 14.3. The first-order valence-corrected chi connectivity index (χ1v) is 25.3. The molecule has 71 heavy (non-hydrogen) atoms. The van der Waals surface area contributed by atoms with Crippen molar-refractivity contribution in [1.82, 2.24) is 36.4 Å². The number of esters is 1. The van der Waals surface area contributed by atoms with Gasteiger partial charge in [0.15, 0.2) is 18.0 Å². The Kier molecular flexibility index (Phi) is 21.5. The quantitative estimate of drug-likeness (QED) is 0.0537. The molecule has 4 rings (SSSR count). The Morgan fingerprint density at radius 2 is 1.38 bits per heavy atom. The number of fused-ring (bicyclic) bond motifs is 1. The summed E-state index contributed by atoms with van der Waals surface area (Å²) in [5.41, 5.74) is 1.64. The number of aliphatic hydroxyl groups excluding tert-OH is 2. The van der Waals surface area contributed by atoms with Gasteiger partial charge in [0.1, 0.15) is 30.2 Å². The molecule has 8 N–H and O–H groups in total. The number of carboxylic acid groups (broad SMARTS) is 1. The van der Waals surface area contributed by atoms with Gasteiger partial charge in [-0.25, -0.2) is 9.59 Å². The second kappa shape index (κ2) is 26.3. The number of ether oxygens (including phenoxy) is 1. The van der Waals surface area contributed by atoms with Crippen LogP contribution in [0.3, 0.4) is 0 Å². The summed E-state index contributed by atoms with van der Waals surface area (Å²) >= 11 is 0. The number of carbonyl (C=O) groups excluding carboxylic acids is 8. The van der Waals surface area contributed by atoms with Crippen molar-refractivity contribution in [2.75, 3.05) is 13.1 Å². The highest BCUT2D eigenvalue weighted by atomic mass is 16.6. The van der Waals surface area contributed by atoms with Crippen LogP contribution >= 0.6 is 0 Å². The first-order chi connectivity index (χ1) is 33.4. The summed E-state index contributed by atoms with van der Waals surface area (Å²) in [6.45, 7) is 17.4. The van der Waals surface area contributed by atoms with Gasteiger partial charge in [0, 0.05) is 19.5 Å². The van der Waals surface area contributed by atoms with Crippen molar-refractivity contribution in [2.45, 2.75) is 188 Å². The normalized spacial score (nSPS) is 21.7. The Morgan fingerprint density at radius 1 is 0.746 bits per heavy atom. The summed E-state index contributed by atoms with van der Waals surface area (Å²) in [5.74, 6) is -10.2. The lowest BCUT2D eigenvalue weighted by Gasteiger charge is -2.38. The lowest BCUT2D eigenvalue weighted by atomic mass is 9.91. The maximum Gasteiger partial charge on any atom is 0.337 e. The number of benzene rings is 1. The topological polar surface area (TPSA) is 290 Å². The molecule has 0 aromatic heterocycles. The monoisotopic (exact) mass is 998 g/mol. The van der Waals surface area contributed by atoms with Gasteiger partial charge in [-0.1, -0.05) is 86.1 Å². The van der Waals surface area contributed by atoms with Crippen molar-refractivity contribution < 1.29 is 63.2 Å². The van der Waals surface area contributed by atoms with Gasteiger partial charge in [-0.05, 0) is 93.7 Å². The third kappa shape index (κ3) is 15.3. The van der Waals surface area contributed by atoms with Gasteiger partial charge < -0.3 is 56.4 Å². The van der Waals surface area contributed by atoms with Crippen molar-refractivity contribution in [1.29, 1.82) is 0 Å². The van der Waals surface area contributed by atoms with Crippen molar-refractivity contribution in [3.8, 4) is 0 Å². The molecule has 3 heterocycles. The number of hydrogen-bond donors (Lipinski definition) is 8. The maximum atomic E-state index is 14.3. The third-order valence-corrected chi connectivity index (χ3v) is 13.8. The minimum absolute atomic E-state index is 0.0315. The number of hydrogen-bond acceptors (Lipinski definition) is 13. The fourth-order valence-corrected chi connectivity index (χ4v) is 9.47. The zero-order valence-electron chi connectivity index (χ0n) is 43.1. The summed E-state index contributed by atoms with van der Waals surface area (Å²) in [6.07, 6.45) is -2.10. The number of likely N-dealkylation sites (tertiary alicyclic amines) is 1. The standard InChI is InChI=1S/C51H79N7O13/c1-11-29(8)39(55-47(65)40(31(10)59)56-46(64)35(22-26(2)3)53-45(63)34-18-14-20-52-34)42(61)51(70)71-43(28(6)7)41(60)30(9)44(62)54-36(23-27(4)5)48(66)57-21-15-19-37(57)49(67)58-25-33-17-13-12-16-32(33)24-38(58)50(68)69/h12-13,16-17,26-31,34-40,42-43,52,59,61H,11,14-15,18-25H2,1-10H3,(H,53,63)(H,54,62)(H,55,65)(H,56,64)(H,68,69)/t29?,30-,31+,34-,35-,36-,37-,38-,39-,40-,42+,43-/m0/s1. The lowest BCUT2D eigenvalue weighted by Crippen LogP contribution is -2.61. The highest BCUT2D eigenvalue weighted by Gasteiger charge is 2.45. The summed E-state index contributed by atoms with van der Waals surface area (Å²) in [6, 6.07) is -0.404. The van der Waals surface area contributed by atoms with E-state index < -0.39 is 126 Å². The molecule has 12 atom stereocenters. The van der Waals surface area contributed by atoms with Crippen LogP contribution in [0.4, 0.5) is 0 Å². The zero-order valence-corrected chi connectivity index (χ0v) is 43.1. The summed E-state index contributed by atoms with van der Waals surface area (Å²) in [4.78, 5) is 126. The van der Waals surface area contributed by atoms with Gasteiger partial charge in [-0.15, -0.1) is 0 Å². The molecule has 2 fully saturated rings. The molecular weight excluding hydrogens is 919 g/mol. The van der Waals surface area contributed by atoms with E-state index in [2.05, 4.69) is 26.6 Å². The van der Waals surface area contributed by atoms with Gasteiger partial charge >= 0.3 is 11.9 Å². The van der Waals surface area contributed by atoms with Crippen LogP contribution in [-0.4, -0.2) is 152 Å². The van der Waals surface area contributed by atoms with Crippen LogP contribution in [0, 0.1) is 29.6 Å². The molecule has 0 radical (unpaired) electrons. The number of aliphatic carboxylic acids is 1. The van der Waals surface area contributed by atoms with Crippen LogP contribution < -0.4 is 26.6 Å². The summed E-state index contributed by atoms with van der Waals surface area (Å²) in [5, 5.41) is 46.0. The average Bonchev–Trinajstić information content (AvgIpc) is 4.05. The fraction of sp³-hybridized carbons (Fsp3) is 0.706. The Bertz CT molecular complexity index is 2070. The first-order valence-electron chi connectivity index (χ1n) is 25.3. The van der Waals surface area contributed by atoms with Crippen molar-refractivity contribution in [3.63, 3.8) is 0 Å². The second-order valence-electron chi connectivity index (χ2n) is 20.8. The van der Waals surface area contributed by atoms with Crippen molar-refractivity contribution in [3.05, 3.63) is 35.4 Å². The summed E-state index contributed by atoms with van der Waals surface area (Å²) < 4.78 is 5.63.